The second kappa shape index (κ2) is 5.81. The lowest BCUT2D eigenvalue weighted by molar-refractivity contribution is -0.141. The van der Waals surface area contributed by atoms with Crippen LogP contribution in [-0.2, 0) is 14.8 Å². The second-order valence-electron chi connectivity index (χ2n) is 4.18. The van der Waals surface area contributed by atoms with Gasteiger partial charge in [-0.25, -0.2) is 13.1 Å². The Bertz CT molecular complexity index is 726. The molecule has 1 heterocycles. The van der Waals surface area contributed by atoms with E-state index in [0.717, 1.165) is 11.7 Å². The van der Waals surface area contributed by atoms with Crippen LogP contribution < -0.4 is 4.72 Å². The van der Waals surface area contributed by atoms with Gasteiger partial charge in [-0.1, -0.05) is 13.0 Å². The Morgan fingerprint density at radius 3 is 2.85 bits per heavy atom. The molecule has 9 heteroatoms. The molecule has 1 unspecified atom stereocenters. The number of rotatable bonds is 6. The molecule has 20 heavy (non-hydrogen) atoms. The smallest absolute Gasteiger partial charge is 0.307 e. The fourth-order valence-electron chi connectivity index (χ4n) is 1.69. The molecule has 0 saturated heterocycles. The van der Waals surface area contributed by atoms with Gasteiger partial charge in [-0.2, -0.15) is 8.75 Å². The molecule has 0 amide bonds. The predicted octanol–water partition coefficient (Wildman–Crippen LogP) is 1.08. The first-order valence-corrected chi connectivity index (χ1v) is 8.10. The number of carboxylic acids is 1. The van der Waals surface area contributed by atoms with Crippen molar-refractivity contribution in [3.8, 4) is 0 Å². The number of carbonyl (C=O) groups is 1. The molecule has 0 aliphatic rings. The summed E-state index contributed by atoms with van der Waals surface area (Å²) in [6.45, 7) is 1.54. The summed E-state index contributed by atoms with van der Waals surface area (Å²) in [6, 6.07) is 4.67. The van der Waals surface area contributed by atoms with E-state index in [1.54, 1.807) is 19.1 Å². The molecule has 0 fully saturated rings. The number of hydrogen-bond acceptors (Lipinski definition) is 6. The number of carboxylic acid groups (broad SMARTS) is 1. The maximum atomic E-state index is 12.2. The van der Waals surface area contributed by atoms with Crippen molar-refractivity contribution in [1.29, 1.82) is 0 Å². The van der Waals surface area contributed by atoms with Gasteiger partial charge in [0.15, 0.2) is 0 Å². The number of aliphatic carboxylic acids is 1. The van der Waals surface area contributed by atoms with Crippen molar-refractivity contribution < 1.29 is 18.3 Å². The minimum absolute atomic E-state index is 0.0176. The minimum Gasteiger partial charge on any atom is -0.481 e. The van der Waals surface area contributed by atoms with Gasteiger partial charge in [-0.3, -0.25) is 4.79 Å². The molecule has 0 radical (unpaired) electrons. The molecule has 1 atom stereocenters. The first-order chi connectivity index (χ1) is 9.45. The Hall–Kier alpha value is -1.58. The molecule has 2 aromatic rings. The summed E-state index contributed by atoms with van der Waals surface area (Å²) in [5.74, 6) is -1.78. The van der Waals surface area contributed by atoms with E-state index in [1.807, 2.05) is 0 Å². The maximum absolute atomic E-state index is 12.2. The van der Waals surface area contributed by atoms with Crippen LogP contribution in [0.1, 0.15) is 13.3 Å². The van der Waals surface area contributed by atoms with E-state index in [1.165, 1.54) is 6.07 Å². The molecule has 0 aliphatic carbocycles. The Kier molecular flexibility index (Phi) is 4.31. The van der Waals surface area contributed by atoms with Crippen molar-refractivity contribution in [2.24, 2.45) is 5.92 Å². The highest BCUT2D eigenvalue weighted by Gasteiger charge is 2.22. The standard InChI is InChI=1S/C11H13N3O4S2/c1-2-7(11(15)16)6-12-20(17,18)9-5-3-4-8-10(9)14-19-13-8/h3-5,7,12H,2,6H2,1H3,(H,15,16). The molecule has 2 rings (SSSR count). The topological polar surface area (TPSA) is 109 Å². The average molecular weight is 315 g/mol. The Labute approximate surface area is 120 Å². The summed E-state index contributed by atoms with van der Waals surface area (Å²) in [4.78, 5) is 10.9. The van der Waals surface area contributed by atoms with Gasteiger partial charge in [0.05, 0.1) is 17.6 Å². The van der Waals surface area contributed by atoms with Gasteiger partial charge in [0.25, 0.3) is 0 Å². The first kappa shape index (κ1) is 14.8. The molecular formula is C11H13N3O4S2. The van der Waals surface area contributed by atoms with Gasteiger partial charge in [0.2, 0.25) is 10.0 Å². The van der Waals surface area contributed by atoms with Crippen LogP contribution in [0.2, 0.25) is 0 Å². The van der Waals surface area contributed by atoms with Crippen molar-refractivity contribution in [2.75, 3.05) is 6.54 Å². The third kappa shape index (κ3) is 2.94. The number of sulfonamides is 1. The lowest BCUT2D eigenvalue weighted by Crippen LogP contribution is -2.32. The average Bonchev–Trinajstić information content (AvgIpc) is 2.86. The van der Waals surface area contributed by atoms with Gasteiger partial charge in [-0.05, 0) is 18.6 Å². The fraction of sp³-hybridized carbons (Fsp3) is 0.364. The van der Waals surface area contributed by atoms with Crippen molar-refractivity contribution in [2.45, 2.75) is 18.2 Å². The van der Waals surface area contributed by atoms with E-state index >= 15 is 0 Å². The Balaban J connectivity index is 2.27. The van der Waals surface area contributed by atoms with E-state index in [2.05, 4.69) is 13.5 Å². The van der Waals surface area contributed by atoms with Gasteiger partial charge in [0, 0.05) is 6.54 Å². The Morgan fingerprint density at radius 1 is 1.45 bits per heavy atom. The highest BCUT2D eigenvalue weighted by Crippen LogP contribution is 2.21. The van der Waals surface area contributed by atoms with E-state index in [0.29, 0.717) is 17.5 Å². The number of aromatic nitrogens is 2. The lowest BCUT2D eigenvalue weighted by atomic mass is 10.1. The summed E-state index contributed by atoms with van der Waals surface area (Å²) in [5.41, 5.74) is 0.802. The highest BCUT2D eigenvalue weighted by molar-refractivity contribution is 7.89. The monoisotopic (exact) mass is 315 g/mol. The van der Waals surface area contributed by atoms with Crippen LogP contribution in [0.4, 0.5) is 0 Å². The molecule has 2 N–H and O–H groups in total. The van der Waals surface area contributed by atoms with E-state index in [4.69, 9.17) is 5.11 Å². The summed E-state index contributed by atoms with van der Waals surface area (Å²) in [7, 11) is -3.80. The number of hydrogen-bond donors (Lipinski definition) is 2. The minimum atomic E-state index is -3.80. The quantitative estimate of drug-likeness (QED) is 0.825. The summed E-state index contributed by atoms with van der Waals surface area (Å²) < 4.78 is 34.7. The lowest BCUT2D eigenvalue weighted by Gasteiger charge is -2.11. The third-order valence-electron chi connectivity index (χ3n) is 2.90. The number of nitrogens with zero attached hydrogens (tertiary/aromatic N) is 2. The molecule has 1 aromatic carbocycles. The van der Waals surface area contributed by atoms with Gasteiger partial charge in [0.1, 0.15) is 15.9 Å². The number of benzene rings is 1. The van der Waals surface area contributed by atoms with Crippen LogP contribution in [0, 0.1) is 5.92 Å². The maximum Gasteiger partial charge on any atom is 0.307 e. The van der Waals surface area contributed by atoms with Gasteiger partial charge in [-0.15, -0.1) is 0 Å². The second-order valence-corrected chi connectivity index (χ2v) is 6.45. The molecule has 1 aromatic heterocycles. The summed E-state index contributed by atoms with van der Waals surface area (Å²) in [6.07, 6.45) is 0.348. The third-order valence-corrected chi connectivity index (χ3v) is 4.90. The van der Waals surface area contributed by atoms with E-state index in [9.17, 15) is 13.2 Å². The van der Waals surface area contributed by atoms with Crippen molar-refractivity contribution in [3.05, 3.63) is 18.2 Å². The summed E-state index contributed by atoms with van der Waals surface area (Å²) >= 11 is 0.931. The SMILES string of the molecule is CCC(CNS(=O)(=O)c1cccc2nsnc12)C(=O)O. The fourth-order valence-corrected chi connectivity index (χ4v) is 3.54. The molecule has 0 aliphatic heterocycles. The largest absolute Gasteiger partial charge is 0.481 e. The van der Waals surface area contributed by atoms with Crippen molar-refractivity contribution >= 4 is 38.8 Å². The molecule has 108 valence electrons. The normalized spacial score (nSPS) is 13.4. The van der Waals surface area contributed by atoms with Crippen LogP contribution in [-0.4, -0.2) is 34.8 Å². The summed E-state index contributed by atoms with van der Waals surface area (Å²) in [5, 5.41) is 8.92. The molecule has 0 saturated carbocycles. The van der Waals surface area contributed by atoms with E-state index < -0.39 is 21.9 Å². The molecule has 0 bridgehead atoms. The van der Waals surface area contributed by atoms with Crippen LogP contribution in [0.3, 0.4) is 0 Å². The highest BCUT2D eigenvalue weighted by atomic mass is 32.2. The zero-order chi connectivity index (χ0) is 14.8. The van der Waals surface area contributed by atoms with Gasteiger partial charge >= 0.3 is 5.97 Å². The van der Waals surface area contributed by atoms with Crippen LogP contribution in [0.15, 0.2) is 23.1 Å². The molecule has 0 spiro atoms. The van der Waals surface area contributed by atoms with Crippen LogP contribution >= 0.6 is 11.7 Å². The Morgan fingerprint density at radius 2 is 2.20 bits per heavy atom. The molecule has 7 nitrogen and oxygen atoms in total. The van der Waals surface area contributed by atoms with Crippen molar-refractivity contribution in [1.82, 2.24) is 13.5 Å². The zero-order valence-corrected chi connectivity index (χ0v) is 12.2. The first-order valence-electron chi connectivity index (χ1n) is 5.89. The number of fused-ring (bicyclic) bond motifs is 1. The van der Waals surface area contributed by atoms with Crippen LogP contribution in [0.25, 0.3) is 11.0 Å². The zero-order valence-electron chi connectivity index (χ0n) is 10.6. The van der Waals surface area contributed by atoms with Crippen LogP contribution in [0.5, 0.6) is 0 Å². The predicted molar refractivity (Wildman–Crippen MR) is 74.0 cm³/mol. The van der Waals surface area contributed by atoms with E-state index in [-0.39, 0.29) is 11.4 Å². The van der Waals surface area contributed by atoms with Crippen molar-refractivity contribution in [3.63, 3.8) is 0 Å². The van der Waals surface area contributed by atoms with Gasteiger partial charge < -0.3 is 5.11 Å². The number of nitrogens with one attached hydrogen (secondary N) is 1. The molecular weight excluding hydrogens is 302 g/mol.